The van der Waals surface area contributed by atoms with Gasteiger partial charge in [0.2, 0.25) is 0 Å². The monoisotopic (exact) mass is 253 g/mol. The standard InChI is InChI=1S/C16H19N3/c17-10-8-14-6-7-15(9-11-18)19-16(14)12-13-4-2-1-3-5-13/h1-5,14-16,19H,6-9,12H2/t14-,15-,16-/m0/s1. The van der Waals surface area contributed by atoms with Crippen molar-refractivity contribution in [2.75, 3.05) is 0 Å². The van der Waals surface area contributed by atoms with Crippen LogP contribution in [0.2, 0.25) is 0 Å². The summed E-state index contributed by atoms with van der Waals surface area (Å²) in [5, 5.41) is 21.3. The topological polar surface area (TPSA) is 59.6 Å². The van der Waals surface area contributed by atoms with Gasteiger partial charge in [-0.05, 0) is 30.7 Å². The maximum atomic E-state index is 8.94. The van der Waals surface area contributed by atoms with Gasteiger partial charge in [0.25, 0.3) is 0 Å². The minimum Gasteiger partial charge on any atom is -0.310 e. The first kappa shape index (κ1) is 13.6. The molecule has 3 atom stereocenters. The van der Waals surface area contributed by atoms with Gasteiger partial charge in [0.05, 0.1) is 18.6 Å². The zero-order valence-electron chi connectivity index (χ0n) is 11.0. The van der Waals surface area contributed by atoms with E-state index in [4.69, 9.17) is 10.5 Å². The van der Waals surface area contributed by atoms with E-state index in [-0.39, 0.29) is 6.04 Å². The lowest BCUT2D eigenvalue weighted by Gasteiger charge is -2.36. The van der Waals surface area contributed by atoms with Crippen LogP contribution in [-0.2, 0) is 6.42 Å². The summed E-state index contributed by atoms with van der Waals surface area (Å²) >= 11 is 0. The molecular weight excluding hydrogens is 234 g/mol. The molecule has 3 nitrogen and oxygen atoms in total. The maximum absolute atomic E-state index is 8.94. The van der Waals surface area contributed by atoms with Crippen molar-refractivity contribution >= 4 is 0 Å². The van der Waals surface area contributed by atoms with Gasteiger partial charge in [-0.3, -0.25) is 0 Å². The van der Waals surface area contributed by atoms with Crippen LogP contribution in [0.3, 0.4) is 0 Å². The van der Waals surface area contributed by atoms with Gasteiger partial charge in [0, 0.05) is 18.5 Å². The lowest BCUT2D eigenvalue weighted by Crippen LogP contribution is -2.48. The Labute approximate surface area is 114 Å². The second-order valence-corrected chi connectivity index (χ2v) is 5.22. The Balaban J connectivity index is 2.03. The normalized spacial score (nSPS) is 26.3. The van der Waals surface area contributed by atoms with Crippen LogP contribution >= 0.6 is 0 Å². The molecule has 0 saturated carbocycles. The highest BCUT2D eigenvalue weighted by molar-refractivity contribution is 5.16. The SMILES string of the molecule is N#CC[C@@H]1CC[C@@H](CC#N)[C@H](Cc2ccccc2)N1. The van der Waals surface area contributed by atoms with Crippen LogP contribution in [0.1, 0.15) is 31.2 Å². The number of nitrogens with zero attached hydrogens (tertiary/aromatic N) is 2. The third-order valence-corrected chi connectivity index (χ3v) is 3.89. The summed E-state index contributed by atoms with van der Waals surface area (Å²) in [6.45, 7) is 0. The van der Waals surface area contributed by atoms with Crippen LogP contribution in [0, 0.1) is 28.6 Å². The molecule has 0 spiro atoms. The van der Waals surface area contributed by atoms with Crippen molar-refractivity contribution < 1.29 is 0 Å². The molecule has 98 valence electrons. The number of piperidine rings is 1. The van der Waals surface area contributed by atoms with Crippen LogP contribution in [0.25, 0.3) is 0 Å². The lowest BCUT2D eigenvalue weighted by molar-refractivity contribution is 0.232. The van der Waals surface area contributed by atoms with Gasteiger partial charge in [-0.2, -0.15) is 10.5 Å². The van der Waals surface area contributed by atoms with Crippen LogP contribution in [0.15, 0.2) is 30.3 Å². The highest BCUT2D eigenvalue weighted by atomic mass is 15.0. The first-order valence-electron chi connectivity index (χ1n) is 6.87. The zero-order chi connectivity index (χ0) is 13.5. The molecule has 1 aliphatic rings. The van der Waals surface area contributed by atoms with Crippen molar-refractivity contribution in [3.05, 3.63) is 35.9 Å². The van der Waals surface area contributed by atoms with Gasteiger partial charge >= 0.3 is 0 Å². The van der Waals surface area contributed by atoms with Crippen molar-refractivity contribution in [2.24, 2.45) is 5.92 Å². The summed E-state index contributed by atoms with van der Waals surface area (Å²) in [7, 11) is 0. The van der Waals surface area contributed by atoms with E-state index >= 15 is 0 Å². The van der Waals surface area contributed by atoms with Crippen molar-refractivity contribution in [2.45, 2.75) is 44.2 Å². The third kappa shape index (κ3) is 3.81. The predicted molar refractivity (Wildman–Crippen MR) is 74.0 cm³/mol. The Morgan fingerprint density at radius 3 is 2.47 bits per heavy atom. The first-order chi connectivity index (χ1) is 9.33. The summed E-state index contributed by atoms with van der Waals surface area (Å²) in [4.78, 5) is 0. The van der Waals surface area contributed by atoms with E-state index in [0.29, 0.717) is 24.8 Å². The molecule has 0 radical (unpaired) electrons. The van der Waals surface area contributed by atoms with E-state index in [1.807, 2.05) is 18.2 Å². The number of hydrogen-bond donors (Lipinski definition) is 1. The zero-order valence-corrected chi connectivity index (χ0v) is 11.0. The first-order valence-corrected chi connectivity index (χ1v) is 6.87. The lowest BCUT2D eigenvalue weighted by atomic mass is 9.82. The number of nitrogens with one attached hydrogen (secondary N) is 1. The molecule has 1 aromatic carbocycles. The van der Waals surface area contributed by atoms with Gasteiger partial charge in [-0.15, -0.1) is 0 Å². The molecule has 1 saturated heterocycles. The molecule has 1 aliphatic heterocycles. The summed E-state index contributed by atoms with van der Waals surface area (Å²) < 4.78 is 0. The largest absolute Gasteiger partial charge is 0.310 e. The van der Waals surface area contributed by atoms with E-state index in [0.717, 1.165) is 19.3 Å². The number of nitriles is 2. The molecular formula is C16H19N3. The van der Waals surface area contributed by atoms with Gasteiger partial charge in [-0.25, -0.2) is 0 Å². The van der Waals surface area contributed by atoms with Crippen LogP contribution in [-0.4, -0.2) is 12.1 Å². The molecule has 0 amide bonds. The molecule has 19 heavy (non-hydrogen) atoms. The average molecular weight is 253 g/mol. The summed E-state index contributed by atoms with van der Waals surface area (Å²) in [5.41, 5.74) is 1.29. The summed E-state index contributed by atoms with van der Waals surface area (Å²) in [6.07, 6.45) is 4.15. The van der Waals surface area contributed by atoms with Gasteiger partial charge < -0.3 is 5.32 Å². The Hall–Kier alpha value is -1.84. The van der Waals surface area contributed by atoms with Crippen LogP contribution < -0.4 is 5.32 Å². The van der Waals surface area contributed by atoms with Crippen molar-refractivity contribution in [1.82, 2.24) is 5.32 Å². The molecule has 0 aliphatic carbocycles. The minimum absolute atomic E-state index is 0.286. The smallest absolute Gasteiger partial charge is 0.0638 e. The third-order valence-electron chi connectivity index (χ3n) is 3.89. The predicted octanol–water partition coefficient (Wildman–Crippen LogP) is 2.79. The van der Waals surface area contributed by atoms with E-state index in [1.54, 1.807) is 0 Å². The number of rotatable bonds is 4. The molecule has 1 heterocycles. The Bertz CT molecular complexity index is 469. The molecule has 1 fully saturated rings. The fraction of sp³-hybridized carbons (Fsp3) is 0.500. The summed E-state index contributed by atoms with van der Waals surface area (Å²) in [5.74, 6) is 0.403. The fourth-order valence-corrected chi connectivity index (χ4v) is 2.86. The molecule has 2 rings (SSSR count). The number of hydrogen-bond acceptors (Lipinski definition) is 3. The highest BCUT2D eigenvalue weighted by Gasteiger charge is 2.29. The van der Waals surface area contributed by atoms with E-state index in [2.05, 4.69) is 29.6 Å². The van der Waals surface area contributed by atoms with Crippen molar-refractivity contribution in [3.8, 4) is 12.1 Å². The Kier molecular flexibility index (Phi) is 4.95. The Morgan fingerprint density at radius 1 is 1.05 bits per heavy atom. The van der Waals surface area contributed by atoms with Crippen LogP contribution in [0.5, 0.6) is 0 Å². The van der Waals surface area contributed by atoms with E-state index in [9.17, 15) is 0 Å². The molecule has 1 aromatic rings. The second kappa shape index (κ2) is 6.92. The average Bonchev–Trinajstić information content (AvgIpc) is 2.43. The Morgan fingerprint density at radius 2 is 1.79 bits per heavy atom. The molecule has 0 bridgehead atoms. The highest BCUT2D eigenvalue weighted by Crippen LogP contribution is 2.26. The summed E-state index contributed by atoms with van der Waals surface area (Å²) in [6, 6.07) is 15.5. The molecule has 1 N–H and O–H groups in total. The van der Waals surface area contributed by atoms with Gasteiger partial charge in [0.15, 0.2) is 0 Å². The fourth-order valence-electron chi connectivity index (χ4n) is 2.86. The minimum atomic E-state index is 0.286. The quantitative estimate of drug-likeness (QED) is 0.897. The van der Waals surface area contributed by atoms with E-state index in [1.165, 1.54) is 5.56 Å². The molecule has 0 aromatic heterocycles. The number of benzene rings is 1. The van der Waals surface area contributed by atoms with Crippen molar-refractivity contribution in [3.63, 3.8) is 0 Å². The second-order valence-electron chi connectivity index (χ2n) is 5.22. The maximum Gasteiger partial charge on any atom is 0.0638 e. The molecule has 3 heteroatoms. The van der Waals surface area contributed by atoms with Crippen LogP contribution in [0.4, 0.5) is 0 Å². The van der Waals surface area contributed by atoms with Gasteiger partial charge in [-0.1, -0.05) is 30.3 Å². The van der Waals surface area contributed by atoms with E-state index < -0.39 is 0 Å². The van der Waals surface area contributed by atoms with Gasteiger partial charge in [0.1, 0.15) is 0 Å². The van der Waals surface area contributed by atoms with Crippen molar-refractivity contribution in [1.29, 1.82) is 10.5 Å². The molecule has 0 unspecified atom stereocenters.